The Hall–Kier alpha value is -4.22. The Kier molecular flexibility index (Phi) is 25.1. The molecular weight excluding hydrogens is 1070 g/mol. The Morgan fingerprint density at radius 1 is 0.364 bits per heavy atom. The number of nitrogens with zero attached hydrogens (tertiary/aromatic N) is 1. The van der Waals surface area contributed by atoms with Crippen LogP contribution in [0.5, 0.6) is 17.2 Å². The number of unbranched alkanes of at least 4 members (excludes halogenated alkanes) is 15. The minimum absolute atomic E-state index is 0.0171. The number of hydrogen-bond donors (Lipinski definition) is 0. The molecular formula is C53H69BF18NO4+. The van der Waals surface area contributed by atoms with Crippen molar-refractivity contribution in [3.8, 4) is 17.2 Å². The number of hydrogen-bond acceptors (Lipinski definition) is 4. The van der Waals surface area contributed by atoms with E-state index in [2.05, 4.69) is 0 Å². The summed E-state index contributed by atoms with van der Waals surface area (Å²) in [6, 6.07) is -1.50. The first-order valence-corrected chi connectivity index (χ1v) is 26.1. The van der Waals surface area contributed by atoms with Crippen LogP contribution in [-0.2, 0) is 47.5 Å². The molecule has 438 valence electrons. The van der Waals surface area contributed by atoms with Crippen LogP contribution in [0.15, 0.2) is 48.5 Å². The van der Waals surface area contributed by atoms with E-state index in [0.29, 0.717) is 57.8 Å². The van der Waals surface area contributed by atoms with Crippen molar-refractivity contribution in [3.05, 3.63) is 87.5 Å². The zero-order chi connectivity index (χ0) is 58.1. The molecule has 3 aromatic carbocycles. The summed E-state index contributed by atoms with van der Waals surface area (Å²) in [7, 11) is -3.35. The highest BCUT2D eigenvalue weighted by Crippen LogP contribution is 2.53. The molecule has 3 aromatic rings. The highest BCUT2D eigenvalue weighted by Gasteiger charge is 2.58. The molecule has 0 aliphatic heterocycles. The van der Waals surface area contributed by atoms with Gasteiger partial charge >= 0.3 is 44.4 Å². The van der Waals surface area contributed by atoms with Crippen molar-refractivity contribution < 1.29 is 102 Å². The fourth-order valence-electron chi connectivity index (χ4n) is 9.65. The van der Waals surface area contributed by atoms with Gasteiger partial charge in [0.1, 0.15) is 17.2 Å². The molecule has 0 aliphatic rings. The van der Waals surface area contributed by atoms with E-state index in [9.17, 15) is 52.7 Å². The largest absolute Gasteiger partial charge is 0.864 e. The number of quaternary nitrogens is 1. The van der Waals surface area contributed by atoms with Gasteiger partial charge in [-0.25, -0.2) is 0 Å². The fraction of sp³-hybridized carbons (Fsp3) is 0.660. The molecule has 0 heterocycles. The van der Waals surface area contributed by atoms with E-state index in [-0.39, 0.29) is 72.6 Å². The first kappa shape index (κ1) is 67.1. The second kappa shape index (κ2) is 28.8. The van der Waals surface area contributed by atoms with Gasteiger partial charge in [-0.1, -0.05) is 105 Å². The Balaban J connectivity index is 2.66. The van der Waals surface area contributed by atoms with Crippen LogP contribution in [0.25, 0.3) is 0 Å². The van der Waals surface area contributed by atoms with Crippen molar-refractivity contribution in [1.29, 1.82) is 0 Å². The third-order valence-corrected chi connectivity index (χ3v) is 13.4. The van der Waals surface area contributed by atoms with E-state index in [1.807, 2.05) is 20.8 Å². The Bertz CT molecular complexity index is 2060. The van der Waals surface area contributed by atoms with Gasteiger partial charge in [0, 0.05) is 6.42 Å². The fourth-order valence-corrected chi connectivity index (χ4v) is 9.65. The van der Waals surface area contributed by atoms with Gasteiger partial charge in [0.2, 0.25) is 5.72 Å². The third-order valence-electron chi connectivity index (χ3n) is 13.4. The first-order valence-electron chi connectivity index (χ1n) is 26.1. The molecule has 0 aromatic heterocycles. The number of ether oxygens (including phenoxy) is 1. The second-order valence-corrected chi connectivity index (χ2v) is 19.2. The van der Waals surface area contributed by atoms with E-state index in [1.165, 1.54) is 13.8 Å². The van der Waals surface area contributed by atoms with Crippen LogP contribution in [0.1, 0.15) is 196 Å². The van der Waals surface area contributed by atoms with Gasteiger partial charge in [-0.15, -0.1) is 0 Å². The van der Waals surface area contributed by atoms with Gasteiger partial charge in [-0.05, 0) is 94.0 Å². The summed E-state index contributed by atoms with van der Waals surface area (Å²) in [6.07, 6.45) is -21.9. The smallest absolute Gasteiger partial charge is 0.490 e. The second-order valence-electron chi connectivity index (χ2n) is 19.2. The number of benzene rings is 3. The van der Waals surface area contributed by atoms with Crippen LogP contribution in [0, 0.1) is 0 Å². The normalized spacial score (nSPS) is 14.0. The molecule has 0 saturated carbocycles. The average molecular weight is 1140 g/mol. The molecule has 0 saturated heterocycles. The van der Waals surface area contributed by atoms with Gasteiger partial charge in [0.25, 0.3) is 0 Å². The summed E-state index contributed by atoms with van der Waals surface area (Å²) < 4.78 is 286. The first-order chi connectivity index (χ1) is 35.7. The monoisotopic (exact) mass is 1140 g/mol. The summed E-state index contributed by atoms with van der Waals surface area (Å²) >= 11 is 0. The Morgan fingerprint density at radius 3 is 0.961 bits per heavy atom. The molecule has 77 heavy (non-hydrogen) atoms. The quantitative estimate of drug-likeness (QED) is 0.0205. The lowest BCUT2D eigenvalue weighted by Gasteiger charge is -2.54. The van der Waals surface area contributed by atoms with Crippen molar-refractivity contribution in [2.75, 3.05) is 26.2 Å². The molecule has 24 heteroatoms. The Labute approximate surface area is 439 Å². The highest BCUT2D eigenvalue weighted by molar-refractivity contribution is 6.39. The summed E-state index contributed by atoms with van der Waals surface area (Å²) in [5, 5.41) is 0. The van der Waals surface area contributed by atoms with Gasteiger partial charge < -0.3 is 18.7 Å². The van der Waals surface area contributed by atoms with Gasteiger partial charge in [-0.2, -0.15) is 79.0 Å². The van der Waals surface area contributed by atoms with Crippen LogP contribution in [0.2, 0.25) is 0 Å². The Morgan fingerprint density at radius 2 is 0.675 bits per heavy atom. The van der Waals surface area contributed by atoms with Gasteiger partial charge in [0.15, 0.2) is 0 Å². The van der Waals surface area contributed by atoms with E-state index >= 15 is 26.3 Å². The molecule has 0 spiro atoms. The molecule has 0 aliphatic carbocycles. The van der Waals surface area contributed by atoms with Crippen LogP contribution < -0.4 is 14.0 Å². The average Bonchev–Trinajstić information content (AvgIpc) is 3.31. The van der Waals surface area contributed by atoms with E-state index in [1.54, 1.807) is 0 Å². The molecule has 0 radical (unpaired) electrons. The molecule has 1 unspecified atom stereocenters. The lowest BCUT2D eigenvalue weighted by Crippen LogP contribution is -2.65. The minimum Gasteiger partial charge on any atom is -0.490 e. The van der Waals surface area contributed by atoms with Crippen molar-refractivity contribution in [2.45, 2.75) is 199 Å². The maximum absolute atomic E-state index is 16.0. The number of alkyl halides is 18. The SMILES string of the molecule is CCCCCCCC[N+](CCCCCCCC)(CCCCCCCC)C(CC)(OCC)c1c(OB(Oc2cc(C(F)(F)F)cc(C(F)(F)F)c2)Oc2cc(C(F)(F)F)cc(C(F)(F)F)c2)cc(C(F)(F)F)cc1C(F)(F)F. The van der Waals surface area contributed by atoms with Crippen LogP contribution in [0.3, 0.4) is 0 Å². The van der Waals surface area contributed by atoms with E-state index < -0.39 is 119 Å². The van der Waals surface area contributed by atoms with Crippen molar-refractivity contribution in [2.24, 2.45) is 0 Å². The van der Waals surface area contributed by atoms with Crippen molar-refractivity contribution >= 4 is 7.32 Å². The van der Waals surface area contributed by atoms with Crippen LogP contribution >= 0.6 is 0 Å². The van der Waals surface area contributed by atoms with Crippen LogP contribution in [-0.4, -0.2) is 38.0 Å². The maximum Gasteiger partial charge on any atom is 0.864 e. The van der Waals surface area contributed by atoms with Gasteiger partial charge in [-0.3, -0.25) is 4.48 Å². The lowest BCUT2D eigenvalue weighted by molar-refractivity contribution is -1.01. The molecule has 0 N–H and O–H groups in total. The van der Waals surface area contributed by atoms with Crippen molar-refractivity contribution in [3.63, 3.8) is 0 Å². The molecule has 5 nitrogen and oxygen atoms in total. The zero-order valence-corrected chi connectivity index (χ0v) is 43.8. The van der Waals surface area contributed by atoms with E-state index in [0.717, 1.165) is 57.8 Å². The zero-order valence-electron chi connectivity index (χ0n) is 43.8. The van der Waals surface area contributed by atoms with E-state index in [4.69, 9.17) is 18.7 Å². The lowest BCUT2D eigenvalue weighted by atomic mass is 9.86. The minimum atomic E-state index is -5.76. The molecule has 0 fully saturated rings. The highest BCUT2D eigenvalue weighted by atomic mass is 19.4. The van der Waals surface area contributed by atoms with Crippen molar-refractivity contribution in [1.82, 2.24) is 0 Å². The molecule has 0 bridgehead atoms. The molecule has 3 rings (SSSR count). The maximum atomic E-state index is 16.0. The number of halogens is 18. The van der Waals surface area contributed by atoms with Crippen LogP contribution in [0.4, 0.5) is 79.0 Å². The summed E-state index contributed by atoms with van der Waals surface area (Å²) in [4.78, 5) is 0. The summed E-state index contributed by atoms with van der Waals surface area (Å²) in [5.74, 6) is -4.69. The third kappa shape index (κ3) is 19.8. The summed E-state index contributed by atoms with van der Waals surface area (Å²) in [5.41, 5.74) is -16.1. The summed E-state index contributed by atoms with van der Waals surface area (Å²) in [6.45, 7) is 8.55. The predicted molar refractivity (Wildman–Crippen MR) is 256 cm³/mol. The number of rotatable bonds is 32. The molecule has 0 amide bonds. The predicted octanol–water partition coefficient (Wildman–Crippen LogP) is 19.8. The molecule has 1 atom stereocenters. The standard InChI is InChI=1S/C53H69BF18NO4/c1-6-11-14-17-20-23-26-73(27-24-21-18-15-12-7-2,28-25-22-19-16-13-8-3)47(9-4,74-10-5)46-44(53(70,71)72)35-41(52(67,68)69)36-45(46)77-54(75-42-31-37(48(55,56)57)29-38(32-42)49(58,59)60)76-43-33-39(50(61,62)63)30-40(34-43)51(64,65)66/h29-36H,6-28H2,1-5H3/q+1. The topological polar surface area (TPSA) is 36.9 Å². The van der Waals surface area contributed by atoms with Gasteiger partial charge in [0.05, 0.1) is 65.2 Å².